The van der Waals surface area contributed by atoms with Crippen molar-refractivity contribution in [1.29, 1.82) is 0 Å². The van der Waals surface area contributed by atoms with Gasteiger partial charge in [0.15, 0.2) is 11.5 Å². The van der Waals surface area contributed by atoms with Crippen molar-refractivity contribution in [3.8, 4) is 0 Å². The summed E-state index contributed by atoms with van der Waals surface area (Å²) in [6.45, 7) is 8.85. The quantitative estimate of drug-likeness (QED) is 0.384. The minimum absolute atomic E-state index is 0.132. The molecule has 0 aliphatic carbocycles. The Morgan fingerprint density at radius 3 is 2.03 bits per heavy atom. The molecule has 2 aromatic heterocycles. The van der Waals surface area contributed by atoms with Crippen molar-refractivity contribution in [1.82, 2.24) is 24.8 Å². The van der Waals surface area contributed by atoms with Crippen molar-refractivity contribution in [3.05, 3.63) is 88.6 Å². The minimum atomic E-state index is -0.318. The van der Waals surface area contributed by atoms with Crippen LogP contribution in [0.2, 0.25) is 0 Å². The zero-order valence-electron chi connectivity index (χ0n) is 20.8. The second kappa shape index (κ2) is 11.2. The number of imidazole rings is 1. The zero-order chi connectivity index (χ0) is 25.5. The first-order valence-corrected chi connectivity index (χ1v) is 12.0. The molecule has 0 unspecified atom stereocenters. The molecule has 4 aromatic rings. The summed E-state index contributed by atoms with van der Waals surface area (Å²) in [6, 6.07) is 20.7. The molecule has 188 valence electrons. The fourth-order valence-corrected chi connectivity index (χ4v) is 3.92. The molecule has 0 bridgehead atoms. The Bertz CT molecular complexity index is 1280. The Kier molecular flexibility index (Phi) is 7.80. The SMILES string of the molecule is CC(C)(C)OC=O.O=c1[nH]c2c(N(Cc3ccccc3)Cc3ccccc3)ncnc2n1C1CNC1. The predicted molar refractivity (Wildman–Crippen MR) is 140 cm³/mol. The van der Waals surface area contributed by atoms with Crippen molar-refractivity contribution in [3.63, 3.8) is 0 Å². The van der Waals surface area contributed by atoms with E-state index in [-0.39, 0.29) is 17.3 Å². The lowest BCUT2D eigenvalue weighted by Gasteiger charge is -2.28. The second-order valence-corrected chi connectivity index (χ2v) is 9.66. The summed E-state index contributed by atoms with van der Waals surface area (Å²) < 4.78 is 6.30. The van der Waals surface area contributed by atoms with Gasteiger partial charge in [-0.3, -0.25) is 9.36 Å². The van der Waals surface area contributed by atoms with Gasteiger partial charge in [0, 0.05) is 26.2 Å². The first-order chi connectivity index (χ1) is 17.4. The number of aromatic nitrogens is 4. The van der Waals surface area contributed by atoms with Gasteiger partial charge in [-0.15, -0.1) is 0 Å². The molecule has 9 nitrogen and oxygen atoms in total. The minimum Gasteiger partial charge on any atom is -0.462 e. The number of anilines is 1. The van der Waals surface area contributed by atoms with Crippen LogP contribution < -0.4 is 15.9 Å². The number of H-pyrrole nitrogens is 1. The number of fused-ring (bicyclic) bond motifs is 1. The Morgan fingerprint density at radius 2 is 1.58 bits per heavy atom. The number of rotatable bonds is 7. The van der Waals surface area contributed by atoms with E-state index in [0.717, 1.165) is 18.9 Å². The molecule has 5 rings (SSSR count). The monoisotopic (exact) mass is 488 g/mol. The van der Waals surface area contributed by atoms with E-state index in [1.165, 1.54) is 11.1 Å². The van der Waals surface area contributed by atoms with Gasteiger partial charge >= 0.3 is 5.69 Å². The van der Waals surface area contributed by atoms with Gasteiger partial charge in [-0.1, -0.05) is 60.7 Å². The summed E-state index contributed by atoms with van der Waals surface area (Å²) in [4.78, 5) is 36.5. The summed E-state index contributed by atoms with van der Waals surface area (Å²) in [6.07, 6.45) is 1.55. The van der Waals surface area contributed by atoms with E-state index in [1.807, 2.05) is 57.2 Å². The fraction of sp³-hybridized carbons (Fsp3) is 0.333. The van der Waals surface area contributed by atoms with Crippen molar-refractivity contribution >= 4 is 23.5 Å². The predicted octanol–water partition coefficient (Wildman–Crippen LogP) is 3.43. The molecule has 0 saturated carbocycles. The lowest BCUT2D eigenvalue weighted by molar-refractivity contribution is -0.138. The number of hydrogen-bond donors (Lipinski definition) is 2. The summed E-state index contributed by atoms with van der Waals surface area (Å²) in [5.41, 5.74) is 3.27. The van der Waals surface area contributed by atoms with E-state index in [9.17, 15) is 9.59 Å². The average molecular weight is 489 g/mol. The van der Waals surface area contributed by atoms with Gasteiger partial charge in [-0.25, -0.2) is 14.8 Å². The highest BCUT2D eigenvalue weighted by molar-refractivity contribution is 5.83. The molecular weight excluding hydrogens is 456 g/mol. The van der Waals surface area contributed by atoms with Crippen LogP contribution >= 0.6 is 0 Å². The third kappa shape index (κ3) is 6.17. The van der Waals surface area contributed by atoms with E-state index in [4.69, 9.17) is 0 Å². The number of nitrogens with zero attached hydrogens (tertiary/aromatic N) is 4. The number of benzene rings is 2. The lowest BCUT2D eigenvalue weighted by atomic mass is 10.1. The molecule has 1 aliphatic heterocycles. The molecule has 0 atom stereocenters. The van der Waals surface area contributed by atoms with E-state index in [1.54, 1.807) is 10.9 Å². The van der Waals surface area contributed by atoms with Gasteiger partial charge in [0.05, 0.1) is 6.04 Å². The summed E-state index contributed by atoms with van der Waals surface area (Å²) >= 11 is 0. The maximum atomic E-state index is 12.7. The number of nitrogens with one attached hydrogen (secondary N) is 2. The number of ether oxygens (including phenoxy) is 1. The van der Waals surface area contributed by atoms with Crippen LogP contribution in [-0.2, 0) is 22.6 Å². The van der Waals surface area contributed by atoms with Crippen molar-refractivity contribution in [2.24, 2.45) is 0 Å². The highest BCUT2D eigenvalue weighted by Gasteiger charge is 2.26. The molecule has 2 N–H and O–H groups in total. The highest BCUT2D eigenvalue weighted by Crippen LogP contribution is 2.26. The molecular formula is C27H32N6O3. The first kappa shape index (κ1) is 25.1. The largest absolute Gasteiger partial charge is 0.462 e. The highest BCUT2D eigenvalue weighted by atomic mass is 16.5. The van der Waals surface area contributed by atoms with Gasteiger partial charge in [0.1, 0.15) is 17.4 Å². The summed E-state index contributed by atoms with van der Waals surface area (Å²) in [7, 11) is 0. The van der Waals surface area contributed by atoms with Gasteiger partial charge in [-0.05, 0) is 31.9 Å². The van der Waals surface area contributed by atoms with Crippen LogP contribution in [0.1, 0.15) is 37.9 Å². The standard InChI is InChI=1S/C22H22N6O.C5H10O2/c29-22-26-19-20(24-15-25-21(19)28(22)18-11-23-12-18)27(13-16-7-3-1-4-8-16)14-17-9-5-2-6-10-17;1-5(2,3)7-4-6/h1-10,15,18,23H,11-14H2,(H,26,29);4H,1-3H3. The molecule has 2 aromatic carbocycles. The smallest absolute Gasteiger partial charge is 0.328 e. The molecule has 1 saturated heterocycles. The Labute approximate surface area is 210 Å². The summed E-state index contributed by atoms with van der Waals surface area (Å²) in [5.74, 6) is 0.742. The zero-order valence-corrected chi connectivity index (χ0v) is 20.8. The van der Waals surface area contributed by atoms with E-state index in [2.05, 4.69) is 54.2 Å². The average Bonchev–Trinajstić information content (AvgIpc) is 3.14. The fourth-order valence-electron chi connectivity index (χ4n) is 3.92. The van der Waals surface area contributed by atoms with E-state index < -0.39 is 0 Å². The molecule has 0 radical (unpaired) electrons. The van der Waals surface area contributed by atoms with E-state index in [0.29, 0.717) is 30.7 Å². The third-order valence-electron chi connectivity index (χ3n) is 5.74. The van der Waals surface area contributed by atoms with Gasteiger partial charge in [0.2, 0.25) is 0 Å². The van der Waals surface area contributed by atoms with Crippen molar-refractivity contribution in [2.45, 2.75) is 45.5 Å². The van der Waals surface area contributed by atoms with Crippen LogP contribution in [0, 0.1) is 0 Å². The van der Waals surface area contributed by atoms with Gasteiger partial charge in [0.25, 0.3) is 6.47 Å². The molecule has 0 spiro atoms. The number of hydrogen-bond acceptors (Lipinski definition) is 7. The Morgan fingerprint density at radius 1 is 1.00 bits per heavy atom. The van der Waals surface area contributed by atoms with Gasteiger partial charge < -0.3 is 19.9 Å². The van der Waals surface area contributed by atoms with Crippen molar-refractivity contribution < 1.29 is 9.53 Å². The Hall–Kier alpha value is -3.98. The van der Waals surface area contributed by atoms with Crippen LogP contribution in [0.15, 0.2) is 71.8 Å². The van der Waals surface area contributed by atoms with Gasteiger partial charge in [-0.2, -0.15) is 0 Å². The molecule has 9 heteroatoms. The number of carbonyl (C=O) groups is 1. The first-order valence-electron chi connectivity index (χ1n) is 12.0. The molecule has 36 heavy (non-hydrogen) atoms. The second-order valence-electron chi connectivity index (χ2n) is 9.66. The van der Waals surface area contributed by atoms with Crippen LogP contribution in [0.3, 0.4) is 0 Å². The maximum absolute atomic E-state index is 12.7. The lowest BCUT2D eigenvalue weighted by Crippen LogP contribution is -2.46. The molecule has 3 heterocycles. The summed E-state index contributed by atoms with van der Waals surface area (Å²) in [5, 5.41) is 3.22. The Balaban J connectivity index is 0.000000384. The van der Waals surface area contributed by atoms with Crippen LogP contribution in [-0.4, -0.2) is 44.7 Å². The van der Waals surface area contributed by atoms with Crippen LogP contribution in [0.25, 0.3) is 11.2 Å². The number of carbonyl (C=O) groups excluding carboxylic acids is 1. The maximum Gasteiger partial charge on any atom is 0.328 e. The third-order valence-corrected chi connectivity index (χ3v) is 5.74. The molecule has 1 fully saturated rings. The van der Waals surface area contributed by atoms with E-state index >= 15 is 0 Å². The normalized spacial score (nSPS) is 13.4. The topological polar surface area (TPSA) is 105 Å². The van der Waals surface area contributed by atoms with Crippen molar-refractivity contribution in [2.75, 3.05) is 18.0 Å². The molecule has 1 aliphatic rings. The van der Waals surface area contributed by atoms with Crippen LogP contribution in [0.4, 0.5) is 5.82 Å². The molecule has 0 amide bonds. The van der Waals surface area contributed by atoms with Crippen LogP contribution in [0.5, 0.6) is 0 Å². The number of aromatic amines is 1.